The summed E-state index contributed by atoms with van der Waals surface area (Å²) in [5, 5.41) is 3.47. The standard InChI is InChI=1S/C4H4N2OS/c7-4-1-3(8)2-5-6-4/h2H,1H2,(H,6,7). The number of amides is 1. The SMILES string of the molecule is O=C1CC(=S)C=NN1. The molecule has 1 heterocycles. The van der Waals surface area contributed by atoms with Crippen LogP contribution in [0.3, 0.4) is 0 Å². The van der Waals surface area contributed by atoms with Crippen LogP contribution >= 0.6 is 12.2 Å². The minimum Gasteiger partial charge on any atom is -0.273 e. The van der Waals surface area contributed by atoms with Gasteiger partial charge in [-0.05, 0) is 0 Å². The number of hydrogen-bond donors (Lipinski definition) is 1. The van der Waals surface area contributed by atoms with Crippen LogP contribution in [0.2, 0.25) is 0 Å². The van der Waals surface area contributed by atoms with Crippen molar-refractivity contribution in [1.29, 1.82) is 0 Å². The second-order valence-electron chi connectivity index (χ2n) is 1.44. The summed E-state index contributed by atoms with van der Waals surface area (Å²) in [6.07, 6.45) is 1.77. The van der Waals surface area contributed by atoms with E-state index in [1.54, 1.807) is 0 Å². The zero-order valence-electron chi connectivity index (χ0n) is 4.05. The van der Waals surface area contributed by atoms with Gasteiger partial charge in [0.1, 0.15) is 0 Å². The summed E-state index contributed by atoms with van der Waals surface area (Å²) in [7, 11) is 0. The van der Waals surface area contributed by atoms with Crippen molar-refractivity contribution in [2.24, 2.45) is 5.10 Å². The molecule has 1 amide bonds. The Kier molecular flexibility index (Phi) is 1.34. The number of nitrogens with zero attached hydrogens (tertiary/aromatic N) is 1. The van der Waals surface area contributed by atoms with Gasteiger partial charge < -0.3 is 0 Å². The van der Waals surface area contributed by atoms with E-state index in [1.807, 2.05) is 0 Å². The third-order valence-electron chi connectivity index (χ3n) is 0.733. The van der Waals surface area contributed by atoms with Crippen molar-refractivity contribution in [3.63, 3.8) is 0 Å². The predicted molar refractivity (Wildman–Crippen MR) is 33.8 cm³/mol. The largest absolute Gasteiger partial charge is 0.273 e. The van der Waals surface area contributed by atoms with Gasteiger partial charge in [-0.15, -0.1) is 0 Å². The Hall–Kier alpha value is -0.770. The maximum atomic E-state index is 10.4. The highest BCUT2D eigenvalue weighted by atomic mass is 32.1. The Morgan fingerprint density at radius 3 is 3.00 bits per heavy atom. The highest BCUT2D eigenvalue weighted by molar-refractivity contribution is 7.82. The van der Waals surface area contributed by atoms with Gasteiger partial charge in [0.25, 0.3) is 0 Å². The smallest absolute Gasteiger partial charge is 0.245 e. The van der Waals surface area contributed by atoms with Crippen LogP contribution < -0.4 is 5.43 Å². The first kappa shape index (κ1) is 5.37. The van der Waals surface area contributed by atoms with E-state index in [2.05, 4.69) is 22.7 Å². The number of carbonyl (C=O) groups excluding carboxylic acids is 1. The molecule has 42 valence electrons. The second kappa shape index (κ2) is 2.00. The Morgan fingerprint density at radius 1 is 1.88 bits per heavy atom. The number of rotatable bonds is 0. The maximum Gasteiger partial charge on any atom is 0.245 e. The molecule has 0 aromatic carbocycles. The molecule has 0 aliphatic carbocycles. The fourth-order valence-corrected chi connectivity index (χ4v) is 0.603. The molecule has 0 fully saturated rings. The molecule has 1 N–H and O–H groups in total. The van der Waals surface area contributed by atoms with Crippen LogP contribution in [0.1, 0.15) is 6.42 Å². The molecule has 3 nitrogen and oxygen atoms in total. The fourth-order valence-electron chi connectivity index (χ4n) is 0.420. The van der Waals surface area contributed by atoms with Gasteiger partial charge in [0, 0.05) is 4.86 Å². The molecule has 1 rings (SSSR count). The van der Waals surface area contributed by atoms with Gasteiger partial charge >= 0.3 is 0 Å². The summed E-state index contributed by atoms with van der Waals surface area (Å²) in [5.41, 5.74) is 2.26. The summed E-state index contributed by atoms with van der Waals surface area (Å²) in [6, 6.07) is 0. The molecular formula is C4H4N2OS. The summed E-state index contributed by atoms with van der Waals surface area (Å²) in [5.74, 6) is -0.127. The van der Waals surface area contributed by atoms with E-state index >= 15 is 0 Å². The average Bonchev–Trinajstić information content (AvgIpc) is 1.64. The average molecular weight is 128 g/mol. The molecule has 1 aliphatic heterocycles. The Labute approximate surface area is 51.8 Å². The lowest BCUT2D eigenvalue weighted by molar-refractivity contribution is -0.119. The van der Waals surface area contributed by atoms with Crippen LogP contribution in [-0.2, 0) is 4.79 Å². The summed E-state index contributed by atoms with van der Waals surface area (Å²) in [6.45, 7) is 0. The van der Waals surface area contributed by atoms with Crippen LogP contribution in [-0.4, -0.2) is 17.0 Å². The lowest BCUT2D eigenvalue weighted by atomic mass is 10.3. The van der Waals surface area contributed by atoms with Crippen molar-refractivity contribution in [2.75, 3.05) is 0 Å². The first-order valence-corrected chi connectivity index (χ1v) is 2.54. The first-order valence-electron chi connectivity index (χ1n) is 2.14. The molecule has 0 spiro atoms. The van der Waals surface area contributed by atoms with Crippen LogP contribution in [0.15, 0.2) is 5.10 Å². The molecule has 4 heteroatoms. The number of hydrogen-bond acceptors (Lipinski definition) is 3. The van der Waals surface area contributed by atoms with Crippen molar-refractivity contribution in [1.82, 2.24) is 5.43 Å². The van der Waals surface area contributed by atoms with Crippen LogP contribution in [0.5, 0.6) is 0 Å². The molecule has 8 heavy (non-hydrogen) atoms. The van der Waals surface area contributed by atoms with Gasteiger partial charge in [-0.1, -0.05) is 12.2 Å². The van der Waals surface area contributed by atoms with Crippen LogP contribution in [0, 0.1) is 0 Å². The molecule has 0 bridgehead atoms. The third kappa shape index (κ3) is 1.10. The van der Waals surface area contributed by atoms with Crippen molar-refractivity contribution < 1.29 is 4.79 Å². The Balaban J connectivity index is 2.68. The monoisotopic (exact) mass is 128 g/mol. The molecule has 1 aliphatic rings. The molecule has 0 saturated heterocycles. The third-order valence-corrected chi connectivity index (χ3v) is 0.982. The number of thiocarbonyl (C=S) groups is 1. The fraction of sp³-hybridized carbons (Fsp3) is 0.250. The van der Waals surface area contributed by atoms with E-state index in [0.29, 0.717) is 11.3 Å². The minimum absolute atomic E-state index is 0.127. The number of hydrazone groups is 1. The zero-order valence-corrected chi connectivity index (χ0v) is 4.86. The maximum absolute atomic E-state index is 10.4. The summed E-state index contributed by atoms with van der Waals surface area (Å²) < 4.78 is 0. The highest BCUT2D eigenvalue weighted by Gasteiger charge is 2.06. The van der Waals surface area contributed by atoms with Crippen molar-refractivity contribution in [3.8, 4) is 0 Å². The quantitative estimate of drug-likeness (QED) is 0.461. The molecule has 0 unspecified atom stereocenters. The van der Waals surface area contributed by atoms with E-state index in [1.165, 1.54) is 6.21 Å². The number of carbonyl (C=O) groups is 1. The highest BCUT2D eigenvalue weighted by Crippen LogP contribution is 1.88. The number of nitrogens with one attached hydrogen (secondary N) is 1. The van der Waals surface area contributed by atoms with Gasteiger partial charge in [-0.3, -0.25) is 4.79 Å². The van der Waals surface area contributed by atoms with Crippen LogP contribution in [0.25, 0.3) is 0 Å². The van der Waals surface area contributed by atoms with E-state index in [0.717, 1.165) is 0 Å². The topological polar surface area (TPSA) is 41.5 Å². The first-order chi connectivity index (χ1) is 3.79. The minimum atomic E-state index is -0.127. The molecule has 0 aromatic heterocycles. The van der Waals surface area contributed by atoms with Crippen molar-refractivity contribution in [2.45, 2.75) is 6.42 Å². The Bertz CT molecular complexity index is 163. The zero-order chi connectivity index (χ0) is 5.98. The van der Waals surface area contributed by atoms with Crippen molar-refractivity contribution in [3.05, 3.63) is 0 Å². The lowest BCUT2D eigenvalue weighted by Gasteiger charge is -2.01. The van der Waals surface area contributed by atoms with Crippen molar-refractivity contribution >= 4 is 29.2 Å². The Morgan fingerprint density at radius 2 is 2.62 bits per heavy atom. The van der Waals surface area contributed by atoms with E-state index in [-0.39, 0.29) is 5.91 Å². The van der Waals surface area contributed by atoms with Gasteiger partial charge in [-0.25, -0.2) is 5.43 Å². The normalized spacial score (nSPS) is 18.5. The van der Waals surface area contributed by atoms with E-state index in [4.69, 9.17) is 0 Å². The van der Waals surface area contributed by atoms with Gasteiger partial charge in [0.2, 0.25) is 5.91 Å². The second-order valence-corrected chi connectivity index (χ2v) is 1.96. The molecule has 0 atom stereocenters. The molecule has 0 radical (unpaired) electrons. The summed E-state index contributed by atoms with van der Waals surface area (Å²) >= 11 is 4.67. The lowest BCUT2D eigenvalue weighted by Crippen LogP contribution is -2.25. The van der Waals surface area contributed by atoms with Gasteiger partial charge in [-0.2, -0.15) is 5.10 Å². The summed E-state index contributed by atoms with van der Waals surface area (Å²) in [4.78, 5) is 11.0. The van der Waals surface area contributed by atoms with E-state index < -0.39 is 0 Å². The van der Waals surface area contributed by atoms with Crippen LogP contribution in [0.4, 0.5) is 0 Å². The van der Waals surface area contributed by atoms with Gasteiger partial charge in [0.05, 0.1) is 12.6 Å². The van der Waals surface area contributed by atoms with Gasteiger partial charge in [0.15, 0.2) is 0 Å². The molecule has 0 aromatic rings. The molecular weight excluding hydrogens is 124 g/mol. The van der Waals surface area contributed by atoms with E-state index in [9.17, 15) is 4.79 Å². The molecule has 0 saturated carbocycles. The predicted octanol–water partition coefficient (Wildman–Crippen LogP) is -0.138.